The number of fused-ring (bicyclic) bond motifs is 1. The highest BCUT2D eigenvalue weighted by molar-refractivity contribution is 5.63. The maximum absolute atomic E-state index is 13.2. The van der Waals surface area contributed by atoms with Gasteiger partial charge in [0.15, 0.2) is 0 Å². The van der Waals surface area contributed by atoms with Gasteiger partial charge in [-0.25, -0.2) is 4.79 Å². The van der Waals surface area contributed by atoms with Crippen LogP contribution in [0.2, 0.25) is 0 Å². The van der Waals surface area contributed by atoms with Crippen LogP contribution in [0.25, 0.3) is 11.3 Å². The molecule has 1 saturated carbocycles. The Labute approximate surface area is 162 Å². The van der Waals surface area contributed by atoms with E-state index in [0.717, 1.165) is 36.9 Å². The van der Waals surface area contributed by atoms with Gasteiger partial charge in [0.1, 0.15) is 0 Å². The van der Waals surface area contributed by atoms with Crippen LogP contribution in [0, 0.1) is 0 Å². The van der Waals surface area contributed by atoms with E-state index in [1.165, 1.54) is 69.0 Å². The third-order valence-corrected chi connectivity index (χ3v) is 6.42. The summed E-state index contributed by atoms with van der Waals surface area (Å²) in [4.78, 5) is 17.9. The molecule has 2 aliphatic rings. The molecule has 4 rings (SSSR count). The highest BCUT2D eigenvalue weighted by Gasteiger charge is 2.24. The van der Waals surface area contributed by atoms with Gasteiger partial charge in [0.25, 0.3) is 0 Å². The summed E-state index contributed by atoms with van der Waals surface area (Å²) in [7, 11) is 0. The van der Waals surface area contributed by atoms with E-state index in [1.807, 2.05) is 6.07 Å². The second-order valence-electron chi connectivity index (χ2n) is 8.32. The Kier molecular flexibility index (Phi) is 6.06. The van der Waals surface area contributed by atoms with Gasteiger partial charge in [0.2, 0.25) is 0 Å². The predicted molar refractivity (Wildman–Crippen MR) is 111 cm³/mol. The SMILES string of the molecule is O=c1nc(-c2ccccc2)c2c(n1C1CCCCC1)CCCCCCCC2. The molecule has 2 aliphatic carbocycles. The molecule has 1 aromatic heterocycles. The Balaban J connectivity index is 1.86. The van der Waals surface area contributed by atoms with Crippen LogP contribution in [0.1, 0.15) is 87.9 Å². The summed E-state index contributed by atoms with van der Waals surface area (Å²) in [6, 6.07) is 10.7. The van der Waals surface area contributed by atoms with Crippen LogP contribution in [0.3, 0.4) is 0 Å². The molecule has 0 unspecified atom stereocenters. The Morgan fingerprint density at radius 3 is 2.15 bits per heavy atom. The van der Waals surface area contributed by atoms with E-state index in [2.05, 4.69) is 33.8 Å². The molecule has 0 spiro atoms. The van der Waals surface area contributed by atoms with Gasteiger partial charge >= 0.3 is 5.69 Å². The van der Waals surface area contributed by atoms with Crippen LogP contribution in [0.4, 0.5) is 0 Å². The second kappa shape index (κ2) is 8.86. The van der Waals surface area contributed by atoms with Crippen molar-refractivity contribution in [3.8, 4) is 11.3 Å². The molecule has 3 heteroatoms. The van der Waals surface area contributed by atoms with Crippen molar-refractivity contribution in [3.63, 3.8) is 0 Å². The predicted octanol–water partition coefficient (Wildman–Crippen LogP) is 5.85. The lowest BCUT2D eigenvalue weighted by molar-refractivity contribution is 0.332. The summed E-state index contributed by atoms with van der Waals surface area (Å²) in [5.74, 6) is 0. The first-order valence-corrected chi connectivity index (χ1v) is 11.0. The highest BCUT2D eigenvalue weighted by Crippen LogP contribution is 2.33. The van der Waals surface area contributed by atoms with Crippen molar-refractivity contribution in [2.24, 2.45) is 0 Å². The summed E-state index contributed by atoms with van der Waals surface area (Å²) in [5.41, 5.74) is 4.69. The van der Waals surface area contributed by atoms with E-state index in [4.69, 9.17) is 0 Å². The normalized spacial score (nSPS) is 19.4. The zero-order valence-electron chi connectivity index (χ0n) is 16.5. The third kappa shape index (κ3) is 4.17. The van der Waals surface area contributed by atoms with Gasteiger partial charge in [0.05, 0.1) is 5.69 Å². The molecule has 2 aromatic rings. The lowest BCUT2D eigenvalue weighted by atomic mass is 9.91. The first-order valence-electron chi connectivity index (χ1n) is 11.0. The molecule has 0 bridgehead atoms. The van der Waals surface area contributed by atoms with Gasteiger partial charge in [-0.3, -0.25) is 4.57 Å². The molecule has 0 N–H and O–H groups in total. The van der Waals surface area contributed by atoms with E-state index in [0.29, 0.717) is 6.04 Å². The van der Waals surface area contributed by atoms with E-state index in [1.54, 1.807) is 0 Å². The summed E-state index contributed by atoms with van der Waals surface area (Å²) >= 11 is 0. The van der Waals surface area contributed by atoms with Crippen molar-refractivity contribution in [1.82, 2.24) is 9.55 Å². The molecule has 0 radical (unpaired) electrons. The molecule has 1 heterocycles. The first-order chi connectivity index (χ1) is 13.3. The number of hydrogen-bond acceptors (Lipinski definition) is 2. The highest BCUT2D eigenvalue weighted by atomic mass is 16.1. The Morgan fingerprint density at radius 1 is 0.778 bits per heavy atom. The van der Waals surface area contributed by atoms with Crippen LogP contribution in [0.5, 0.6) is 0 Å². The average Bonchev–Trinajstić information content (AvgIpc) is 2.72. The largest absolute Gasteiger partial charge is 0.348 e. The van der Waals surface area contributed by atoms with Crippen LogP contribution < -0.4 is 5.69 Å². The summed E-state index contributed by atoms with van der Waals surface area (Å²) in [6.45, 7) is 0. The molecular weight excluding hydrogens is 332 g/mol. The molecule has 1 aromatic carbocycles. The molecule has 0 atom stereocenters. The summed E-state index contributed by atoms with van der Waals surface area (Å²) in [5, 5.41) is 0. The van der Waals surface area contributed by atoms with Crippen molar-refractivity contribution < 1.29 is 0 Å². The van der Waals surface area contributed by atoms with Crippen molar-refractivity contribution in [2.45, 2.75) is 89.5 Å². The number of nitrogens with zero attached hydrogens (tertiary/aromatic N) is 2. The molecule has 27 heavy (non-hydrogen) atoms. The fourth-order valence-electron chi connectivity index (χ4n) is 5.00. The molecule has 0 amide bonds. The van der Waals surface area contributed by atoms with Gasteiger partial charge in [-0.15, -0.1) is 0 Å². The zero-order chi connectivity index (χ0) is 18.5. The van der Waals surface area contributed by atoms with Crippen molar-refractivity contribution in [2.75, 3.05) is 0 Å². The lowest BCUT2D eigenvalue weighted by Gasteiger charge is -2.29. The standard InChI is InChI=1S/C24H32N2O/c27-24-25-23(19-13-7-5-8-14-19)21-17-11-3-1-2-4-12-18-22(21)26(24)20-15-9-6-10-16-20/h5,7-8,13-14,20H,1-4,6,9-12,15-18H2. The van der Waals surface area contributed by atoms with E-state index >= 15 is 0 Å². The molecule has 0 saturated heterocycles. The van der Waals surface area contributed by atoms with Crippen molar-refractivity contribution >= 4 is 0 Å². The summed E-state index contributed by atoms with van der Waals surface area (Å²) < 4.78 is 2.13. The Hall–Kier alpha value is -1.90. The first kappa shape index (κ1) is 18.5. The molecular formula is C24H32N2O. The van der Waals surface area contributed by atoms with E-state index < -0.39 is 0 Å². The lowest BCUT2D eigenvalue weighted by Crippen LogP contribution is -2.33. The fourth-order valence-corrected chi connectivity index (χ4v) is 5.00. The van der Waals surface area contributed by atoms with Crippen LogP contribution in [0.15, 0.2) is 35.1 Å². The van der Waals surface area contributed by atoms with Gasteiger partial charge in [-0.05, 0) is 44.1 Å². The Morgan fingerprint density at radius 2 is 1.41 bits per heavy atom. The number of hydrogen-bond donors (Lipinski definition) is 0. The maximum atomic E-state index is 13.2. The smallest absolute Gasteiger partial charge is 0.293 e. The monoisotopic (exact) mass is 364 g/mol. The molecule has 144 valence electrons. The van der Waals surface area contributed by atoms with Gasteiger partial charge < -0.3 is 0 Å². The minimum absolute atomic E-state index is 0.0171. The van der Waals surface area contributed by atoms with Gasteiger partial charge in [-0.2, -0.15) is 4.98 Å². The second-order valence-corrected chi connectivity index (χ2v) is 8.32. The molecule has 0 aliphatic heterocycles. The van der Waals surface area contributed by atoms with Gasteiger partial charge in [-0.1, -0.05) is 75.3 Å². The van der Waals surface area contributed by atoms with Crippen molar-refractivity contribution in [3.05, 3.63) is 52.1 Å². The number of rotatable bonds is 2. The molecule has 3 nitrogen and oxygen atoms in total. The summed E-state index contributed by atoms with van der Waals surface area (Å²) in [6.07, 6.45) is 15.8. The van der Waals surface area contributed by atoms with Crippen LogP contribution in [-0.4, -0.2) is 9.55 Å². The fraction of sp³-hybridized carbons (Fsp3) is 0.583. The van der Waals surface area contributed by atoms with Crippen LogP contribution >= 0.6 is 0 Å². The minimum atomic E-state index is -0.0171. The zero-order valence-corrected chi connectivity index (χ0v) is 16.5. The number of benzene rings is 1. The number of aromatic nitrogens is 2. The minimum Gasteiger partial charge on any atom is -0.293 e. The van der Waals surface area contributed by atoms with Gasteiger partial charge in [0, 0.05) is 17.3 Å². The molecule has 1 fully saturated rings. The van der Waals surface area contributed by atoms with Crippen LogP contribution in [-0.2, 0) is 12.8 Å². The van der Waals surface area contributed by atoms with E-state index in [-0.39, 0.29) is 5.69 Å². The van der Waals surface area contributed by atoms with E-state index in [9.17, 15) is 4.79 Å². The topological polar surface area (TPSA) is 34.9 Å². The Bertz CT molecular complexity index is 803. The quantitative estimate of drug-likeness (QED) is 0.669. The third-order valence-electron chi connectivity index (χ3n) is 6.42. The van der Waals surface area contributed by atoms with Crippen molar-refractivity contribution in [1.29, 1.82) is 0 Å². The maximum Gasteiger partial charge on any atom is 0.348 e. The average molecular weight is 365 g/mol.